The third-order valence-corrected chi connectivity index (χ3v) is 3.75. The Kier molecular flexibility index (Phi) is 3.42. The van der Waals surface area contributed by atoms with Gasteiger partial charge < -0.3 is 5.73 Å². The van der Waals surface area contributed by atoms with Crippen molar-refractivity contribution in [2.24, 2.45) is 0 Å². The number of hydrogen-bond acceptors (Lipinski definition) is 4. The van der Waals surface area contributed by atoms with E-state index in [1.165, 1.54) is 10.7 Å². The molecule has 0 spiro atoms. The molecule has 3 rings (SSSR count). The van der Waals surface area contributed by atoms with Crippen LogP contribution in [0.3, 0.4) is 0 Å². The molecule has 1 heterocycles. The molecule has 0 saturated carbocycles. The molecule has 1 aromatic heterocycles. The van der Waals surface area contributed by atoms with Gasteiger partial charge in [0.25, 0.3) is 0 Å². The second kappa shape index (κ2) is 5.25. The average Bonchev–Trinajstić information content (AvgIpc) is 2.87. The van der Waals surface area contributed by atoms with Crippen LogP contribution >= 0.6 is 15.9 Å². The Morgan fingerprint density at radius 2 is 2.05 bits per heavy atom. The highest BCUT2D eigenvalue weighted by molar-refractivity contribution is 9.10. The van der Waals surface area contributed by atoms with Gasteiger partial charge in [-0.3, -0.25) is 0 Å². The Bertz CT molecular complexity index is 795. The Hall–Kier alpha value is -2.28. The molecule has 106 valence electrons. The van der Waals surface area contributed by atoms with Crippen molar-refractivity contribution in [1.29, 1.82) is 0 Å². The van der Waals surface area contributed by atoms with Crippen molar-refractivity contribution in [1.82, 2.24) is 20.2 Å². The molecule has 2 aromatic carbocycles. The summed E-state index contributed by atoms with van der Waals surface area (Å²) in [6.07, 6.45) is 0. The van der Waals surface area contributed by atoms with E-state index in [1.807, 2.05) is 19.1 Å². The molecular weight excluding hydrogens is 337 g/mol. The van der Waals surface area contributed by atoms with Crippen molar-refractivity contribution >= 4 is 21.6 Å². The summed E-state index contributed by atoms with van der Waals surface area (Å²) in [7, 11) is 0. The fraction of sp³-hybridized carbons (Fsp3) is 0.0714. The van der Waals surface area contributed by atoms with Crippen LogP contribution in [0.15, 0.2) is 40.9 Å². The number of para-hydroxylation sites is 1. The van der Waals surface area contributed by atoms with E-state index in [-0.39, 0.29) is 5.69 Å². The number of anilines is 1. The summed E-state index contributed by atoms with van der Waals surface area (Å²) in [5, 5.41) is 11.6. The number of benzene rings is 2. The summed E-state index contributed by atoms with van der Waals surface area (Å²) in [4.78, 5) is 0. The first-order chi connectivity index (χ1) is 10.1. The Labute approximate surface area is 128 Å². The van der Waals surface area contributed by atoms with Crippen molar-refractivity contribution in [3.63, 3.8) is 0 Å². The van der Waals surface area contributed by atoms with E-state index in [2.05, 4.69) is 31.5 Å². The summed E-state index contributed by atoms with van der Waals surface area (Å²) in [5.41, 5.74) is 8.39. The number of halogens is 2. The van der Waals surface area contributed by atoms with Gasteiger partial charge in [-0.2, -0.15) is 4.68 Å². The molecule has 21 heavy (non-hydrogen) atoms. The highest BCUT2D eigenvalue weighted by Gasteiger charge is 2.18. The average molecular weight is 348 g/mol. The predicted molar refractivity (Wildman–Crippen MR) is 81.4 cm³/mol. The molecule has 0 atom stereocenters. The summed E-state index contributed by atoms with van der Waals surface area (Å²) in [6, 6.07) is 10.1. The van der Waals surface area contributed by atoms with E-state index < -0.39 is 5.82 Å². The van der Waals surface area contributed by atoms with Crippen LogP contribution < -0.4 is 5.73 Å². The smallest absolute Gasteiger partial charge is 0.187 e. The molecule has 2 N–H and O–H groups in total. The molecule has 7 heteroatoms. The molecule has 5 nitrogen and oxygen atoms in total. The third-order valence-electron chi connectivity index (χ3n) is 3.11. The zero-order valence-electron chi connectivity index (χ0n) is 11.1. The standard InChI is InChI=1S/C14H11BrFN5/c1-8-7-9(17)5-6-10(8)14-18-19-20-21(14)13-11(15)3-2-4-12(13)16/h2-7H,17H2,1H3. The lowest BCUT2D eigenvalue weighted by molar-refractivity contribution is 0.606. The van der Waals surface area contributed by atoms with E-state index in [4.69, 9.17) is 5.73 Å². The van der Waals surface area contributed by atoms with Gasteiger partial charge in [-0.1, -0.05) is 6.07 Å². The molecule has 0 unspecified atom stereocenters. The second-order valence-electron chi connectivity index (χ2n) is 4.56. The van der Waals surface area contributed by atoms with Gasteiger partial charge in [0.15, 0.2) is 5.82 Å². The SMILES string of the molecule is Cc1cc(N)ccc1-c1nnnn1-c1c(F)cccc1Br. The summed E-state index contributed by atoms with van der Waals surface area (Å²) in [6.45, 7) is 1.90. The monoisotopic (exact) mass is 347 g/mol. The zero-order valence-corrected chi connectivity index (χ0v) is 12.7. The molecule has 0 aliphatic rings. The predicted octanol–water partition coefficient (Wildman–Crippen LogP) is 3.12. The molecule has 0 saturated heterocycles. The van der Waals surface area contributed by atoms with Gasteiger partial charge in [0.1, 0.15) is 11.5 Å². The van der Waals surface area contributed by atoms with Crippen LogP contribution in [0.2, 0.25) is 0 Å². The quantitative estimate of drug-likeness (QED) is 0.723. The van der Waals surface area contributed by atoms with Crippen LogP contribution in [0, 0.1) is 12.7 Å². The van der Waals surface area contributed by atoms with Crippen LogP contribution in [0.4, 0.5) is 10.1 Å². The van der Waals surface area contributed by atoms with Gasteiger partial charge in [-0.05, 0) is 69.2 Å². The molecule has 0 fully saturated rings. The number of hydrogen-bond donors (Lipinski definition) is 1. The lowest BCUT2D eigenvalue weighted by Gasteiger charge is -2.10. The lowest BCUT2D eigenvalue weighted by Crippen LogP contribution is -2.04. The number of aryl methyl sites for hydroxylation is 1. The first kappa shape index (κ1) is 13.7. The van der Waals surface area contributed by atoms with E-state index >= 15 is 0 Å². The molecular formula is C14H11BrFN5. The van der Waals surface area contributed by atoms with Crippen LogP contribution in [-0.2, 0) is 0 Å². The summed E-state index contributed by atoms with van der Waals surface area (Å²) in [5.74, 6) is 0.0457. The fourth-order valence-electron chi connectivity index (χ4n) is 2.13. The Balaban J connectivity index is 2.22. The first-order valence-corrected chi connectivity index (χ1v) is 6.96. The van der Waals surface area contributed by atoms with Crippen LogP contribution in [0.5, 0.6) is 0 Å². The topological polar surface area (TPSA) is 69.6 Å². The lowest BCUT2D eigenvalue weighted by atomic mass is 10.1. The maximum Gasteiger partial charge on any atom is 0.187 e. The fourth-order valence-corrected chi connectivity index (χ4v) is 2.64. The van der Waals surface area contributed by atoms with Gasteiger partial charge in [0.05, 0.1) is 0 Å². The number of nitrogens with zero attached hydrogens (tertiary/aromatic N) is 4. The third kappa shape index (κ3) is 2.40. The number of nitrogens with two attached hydrogens (primary N) is 1. The molecule has 3 aromatic rings. The maximum absolute atomic E-state index is 14.1. The largest absolute Gasteiger partial charge is 0.399 e. The number of rotatable bonds is 2. The zero-order chi connectivity index (χ0) is 15.0. The molecule has 0 amide bonds. The minimum Gasteiger partial charge on any atom is -0.399 e. The number of tetrazole rings is 1. The maximum atomic E-state index is 14.1. The van der Waals surface area contributed by atoms with Crippen molar-refractivity contribution in [2.45, 2.75) is 6.92 Å². The molecule has 0 bridgehead atoms. The van der Waals surface area contributed by atoms with Crippen LogP contribution in [0.1, 0.15) is 5.56 Å². The van der Waals surface area contributed by atoms with Crippen LogP contribution in [-0.4, -0.2) is 20.2 Å². The Morgan fingerprint density at radius 1 is 1.24 bits per heavy atom. The highest BCUT2D eigenvalue weighted by Crippen LogP contribution is 2.29. The van der Waals surface area contributed by atoms with Crippen molar-refractivity contribution in [3.05, 3.63) is 52.3 Å². The Morgan fingerprint density at radius 3 is 2.76 bits per heavy atom. The van der Waals surface area contributed by atoms with Crippen LogP contribution in [0.25, 0.3) is 17.1 Å². The van der Waals surface area contributed by atoms with Gasteiger partial charge in [-0.25, -0.2) is 4.39 Å². The molecule has 0 aliphatic carbocycles. The van der Waals surface area contributed by atoms with E-state index in [0.29, 0.717) is 16.0 Å². The number of aromatic nitrogens is 4. The van der Waals surface area contributed by atoms with Gasteiger partial charge in [-0.15, -0.1) is 5.10 Å². The van der Waals surface area contributed by atoms with Gasteiger partial charge in [0, 0.05) is 15.7 Å². The van der Waals surface area contributed by atoms with Gasteiger partial charge >= 0.3 is 0 Å². The summed E-state index contributed by atoms with van der Waals surface area (Å²) < 4.78 is 16.1. The minimum atomic E-state index is -0.411. The van der Waals surface area contributed by atoms with E-state index in [9.17, 15) is 4.39 Å². The molecule has 0 radical (unpaired) electrons. The van der Waals surface area contributed by atoms with Gasteiger partial charge in [0.2, 0.25) is 0 Å². The first-order valence-electron chi connectivity index (χ1n) is 6.17. The highest BCUT2D eigenvalue weighted by atomic mass is 79.9. The second-order valence-corrected chi connectivity index (χ2v) is 5.41. The van der Waals surface area contributed by atoms with E-state index in [0.717, 1.165) is 11.1 Å². The summed E-state index contributed by atoms with van der Waals surface area (Å²) >= 11 is 3.33. The van der Waals surface area contributed by atoms with E-state index in [1.54, 1.807) is 18.2 Å². The van der Waals surface area contributed by atoms with Crippen molar-refractivity contribution in [2.75, 3.05) is 5.73 Å². The molecule has 0 aliphatic heterocycles. The minimum absolute atomic E-state index is 0.272. The van der Waals surface area contributed by atoms with Crippen molar-refractivity contribution in [3.8, 4) is 17.1 Å². The van der Waals surface area contributed by atoms with Crippen molar-refractivity contribution < 1.29 is 4.39 Å². The normalized spacial score (nSPS) is 10.8. The number of nitrogen functional groups attached to an aromatic ring is 1.